The fraction of sp³-hybridized carbons (Fsp3) is 0.364. The van der Waals surface area contributed by atoms with E-state index in [-0.39, 0.29) is 16.4 Å². The van der Waals surface area contributed by atoms with Crippen LogP contribution in [0.15, 0.2) is 27.6 Å². The van der Waals surface area contributed by atoms with Crippen LogP contribution in [-0.4, -0.2) is 51.8 Å². The van der Waals surface area contributed by atoms with Gasteiger partial charge in [-0.15, -0.1) is 0 Å². The lowest BCUT2D eigenvalue weighted by Crippen LogP contribution is -2.36. The lowest BCUT2D eigenvalue weighted by Gasteiger charge is -2.15. The molecule has 19 heavy (non-hydrogen) atoms. The number of hydrogen-bond donors (Lipinski definition) is 1. The predicted octanol–water partition coefficient (Wildman–Crippen LogP) is 0.906. The molecule has 0 bridgehead atoms. The molecule has 1 rings (SSSR count). The molecule has 0 aliphatic carbocycles. The third kappa shape index (κ3) is 3.75. The van der Waals surface area contributed by atoms with E-state index in [9.17, 15) is 13.2 Å². The highest BCUT2D eigenvalue weighted by molar-refractivity contribution is 9.10. The summed E-state index contributed by atoms with van der Waals surface area (Å²) in [6, 6.07) is 4.34. The maximum Gasteiger partial charge on any atom is 0.266 e. The summed E-state index contributed by atoms with van der Waals surface area (Å²) in [5.41, 5.74) is 2.82. The Labute approximate surface area is 121 Å². The summed E-state index contributed by atoms with van der Waals surface area (Å²) < 4.78 is 25.7. The predicted molar refractivity (Wildman–Crippen MR) is 76.2 cm³/mol. The molecule has 0 heterocycles. The molecule has 0 radical (unpaired) electrons. The van der Waals surface area contributed by atoms with Crippen molar-refractivity contribution in [3.05, 3.63) is 28.2 Å². The average Bonchev–Trinajstić information content (AvgIpc) is 2.27. The summed E-state index contributed by atoms with van der Waals surface area (Å²) in [7, 11) is 2.67. The van der Waals surface area contributed by atoms with Crippen LogP contribution in [0, 0.1) is 0 Å². The van der Waals surface area contributed by atoms with Crippen LogP contribution in [0.3, 0.4) is 0 Å². The topological polar surface area (TPSA) is 69.7 Å². The average molecular weight is 350 g/mol. The minimum atomic E-state index is -3.56. The Bertz CT molecular complexity index is 585. The van der Waals surface area contributed by atoms with Gasteiger partial charge in [-0.2, -0.15) is 0 Å². The van der Waals surface area contributed by atoms with E-state index >= 15 is 0 Å². The molecule has 8 heteroatoms. The van der Waals surface area contributed by atoms with Crippen LogP contribution in [0.5, 0.6) is 0 Å². The van der Waals surface area contributed by atoms with Crippen molar-refractivity contribution in [2.45, 2.75) is 4.90 Å². The Morgan fingerprint density at radius 3 is 2.26 bits per heavy atom. The molecule has 0 aromatic heterocycles. The molecular formula is C11H16BrN3O3S. The third-order valence-corrected chi connectivity index (χ3v) is 4.79. The van der Waals surface area contributed by atoms with Gasteiger partial charge in [0.25, 0.3) is 5.91 Å². The molecule has 0 unspecified atom stereocenters. The van der Waals surface area contributed by atoms with Gasteiger partial charge in [-0.1, -0.05) is 0 Å². The lowest BCUT2D eigenvalue weighted by atomic mass is 10.2. The highest BCUT2D eigenvalue weighted by Crippen LogP contribution is 2.22. The van der Waals surface area contributed by atoms with Crippen molar-refractivity contribution in [2.24, 2.45) is 0 Å². The first-order chi connectivity index (χ1) is 8.66. The summed E-state index contributed by atoms with van der Waals surface area (Å²) in [5, 5.41) is 1.49. The quantitative estimate of drug-likeness (QED) is 0.820. The van der Waals surface area contributed by atoms with Gasteiger partial charge in [0, 0.05) is 32.7 Å². The molecule has 0 aliphatic heterocycles. The van der Waals surface area contributed by atoms with Gasteiger partial charge in [0.15, 0.2) is 0 Å². The van der Waals surface area contributed by atoms with Gasteiger partial charge in [0.1, 0.15) is 0 Å². The molecule has 0 spiro atoms. The smallest absolute Gasteiger partial charge is 0.266 e. The molecule has 1 amide bonds. The van der Waals surface area contributed by atoms with E-state index in [2.05, 4.69) is 21.4 Å². The normalized spacial score (nSPS) is 11.9. The zero-order chi connectivity index (χ0) is 14.8. The van der Waals surface area contributed by atoms with Crippen molar-refractivity contribution in [2.75, 3.05) is 28.2 Å². The summed E-state index contributed by atoms with van der Waals surface area (Å²) in [6.45, 7) is 0. The zero-order valence-electron chi connectivity index (χ0n) is 11.1. The Balaban J connectivity index is 3.26. The summed E-state index contributed by atoms with van der Waals surface area (Å²) in [4.78, 5) is 12.0. The minimum Gasteiger partial charge on any atom is -0.285 e. The first-order valence-electron chi connectivity index (χ1n) is 5.36. The first kappa shape index (κ1) is 16.1. The molecule has 6 nitrogen and oxygen atoms in total. The lowest BCUT2D eigenvalue weighted by molar-refractivity contribution is 0.0856. The Morgan fingerprint density at radius 2 is 1.79 bits per heavy atom. The van der Waals surface area contributed by atoms with Crippen molar-refractivity contribution in [1.29, 1.82) is 0 Å². The van der Waals surface area contributed by atoms with Crippen molar-refractivity contribution >= 4 is 31.9 Å². The Morgan fingerprint density at radius 1 is 1.21 bits per heavy atom. The standard InChI is InChI=1S/C11H16BrN3O3S/c1-14(2)13-11(16)9-7-8(5-6-10(9)12)19(17,18)15(3)4/h5-7H,1-4H3,(H,13,16). The van der Waals surface area contributed by atoms with Gasteiger partial charge in [-0.25, -0.2) is 17.7 Å². The SMILES string of the molecule is CN(C)NC(=O)c1cc(S(=O)(=O)N(C)C)ccc1Br. The first-order valence-corrected chi connectivity index (χ1v) is 7.60. The zero-order valence-corrected chi connectivity index (χ0v) is 13.5. The number of carbonyl (C=O) groups is 1. The molecule has 106 valence electrons. The number of rotatable bonds is 4. The number of amides is 1. The van der Waals surface area contributed by atoms with Gasteiger partial charge in [0.2, 0.25) is 10.0 Å². The molecule has 0 aliphatic rings. The second-order valence-electron chi connectivity index (χ2n) is 4.26. The van der Waals surface area contributed by atoms with Crippen LogP contribution in [0.25, 0.3) is 0 Å². The van der Waals surface area contributed by atoms with E-state index in [4.69, 9.17) is 0 Å². The number of sulfonamides is 1. The van der Waals surface area contributed by atoms with E-state index < -0.39 is 10.0 Å². The highest BCUT2D eigenvalue weighted by Gasteiger charge is 2.20. The highest BCUT2D eigenvalue weighted by atomic mass is 79.9. The number of hydrazine groups is 1. The van der Waals surface area contributed by atoms with E-state index in [1.54, 1.807) is 20.2 Å². The summed E-state index contributed by atoms with van der Waals surface area (Å²) >= 11 is 3.24. The van der Waals surface area contributed by atoms with Crippen LogP contribution >= 0.6 is 15.9 Å². The molecule has 1 aromatic carbocycles. The second-order valence-corrected chi connectivity index (χ2v) is 7.27. The molecule has 0 fully saturated rings. The van der Waals surface area contributed by atoms with Gasteiger partial charge >= 0.3 is 0 Å². The van der Waals surface area contributed by atoms with Crippen molar-refractivity contribution < 1.29 is 13.2 Å². The van der Waals surface area contributed by atoms with Crippen molar-refractivity contribution in [3.8, 4) is 0 Å². The van der Waals surface area contributed by atoms with Crippen LogP contribution in [0.4, 0.5) is 0 Å². The van der Waals surface area contributed by atoms with Crippen LogP contribution in [-0.2, 0) is 10.0 Å². The number of nitrogens with zero attached hydrogens (tertiary/aromatic N) is 2. The van der Waals surface area contributed by atoms with Crippen LogP contribution in [0.2, 0.25) is 0 Å². The van der Waals surface area contributed by atoms with Crippen molar-refractivity contribution in [1.82, 2.24) is 14.7 Å². The third-order valence-electron chi connectivity index (χ3n) is 2.29. The number of hydrogen-bond acceptors (Lipinski definition) is 4. The molecule has 0 saturated heterocycles. The molecular weight excluding hydrogens is 334 g/mol. The van der Waals surface area contributed by atoms with Crippen LogP contribution in [0.1, 0.15) is 10.4 Å². The van der Waals surface area contributed by atoms with E-state index in [0.29, 0.717) is 4.47 Å². The minimum absolute atomic E-state index is 0.0737. The van der Waals surface area contributed by atoms with E-state index in [1.807, 2.05) is 0 Å². The van der Waals surface area contributed by atoms with Gasteiger partial charge in [-0.05, 0) is 34.1 Å². The van der Waals surface area contributed by atoms with Crippen molar-refractivity contribution in [3.63, 3.8) is 0 Å². The molecule has 0 saturated carbocycles. The Kier molecular flexibility index (Phi) is 5.08. The number of carbonyl (C=O) groups excluding carboxylic acids is 1. The van der Waals surface area contributed by atoms with Gasteiger partial charge in [-0.3, -0.25) is 10.2 Å². The maximum absolute atomic E-state index is 12.0. The van der Waals surface area contributed by atoms with Gasteiger partial charge < -0.3 is 0 Å². The van der Waals surface area contributed by atoms with E-state index in [1.165, 1.54) is 31.2 Å². The summed E-state index contributed by atoms with van der Waals surface area (Å²) in [5.74, 6) is -0.382. The number of benzene rings is 1. The summed E-state index contributed by atoms with van der Waals surface area (Å²) in [6.07, 6.45) is 0. The Hall–Kier alpha value is -0.960. The second kappa shape index (κ2) is 6.00. The number of halogens is 1. The largest absolute Gasteiger partial charge is 0.285 e. The monoisotopic (exact) mass is 349 g/mol. The fourth-order valence-electron chi connectivity index (χ4n) is 1.31. The van der Waals surface area contributed by atoms with Gasteiger partial charge in [0.05, 0.1) is 10.5 Å². The number of nitrogens with one attached hydrogen (secondary N) is 1. The van der Waals surface area contributed by atoms with Crippen LogP contribution < -0.4 is 5.43 Å². The fourth-order valence-corrected chi connectivity index (χ4v) is 2.67. The van der Waals surface area contributed by atoms with E-state index in [0.717, 1.165) is 4.31 Å². The molecule has 1 N–H and O–H groups in total. The molecule has 1 aromatic rings. The maximum atomic E-state index is 12.0. The molecule has 0 atom stereocenters.